The maximum Gasteiger partial charge on any atom is 0.333 e. The number of para-hydroxylation sites is 1. The molecule has 37 heavy (non-hydrogen) atoms. The molecule has 0 aliphatic heterocycles. The largest absolute Gasteiger partial charge is 0.333 e. The quantitative estimate of drug-likeness (QED) is 0.281. The molecule has 0 aliphatic carbocycles. The molecule has 5 aromatic rings. The highest BCUT2D eigenvalue weighted by Gasteiger charge is 2.17. The van der Waals surface area contributed by atoms with Crippen LogP contribution < -0.4 is 5.69 Å². The third-order valence-corrected chi connectivity index (χ3v) is 6.86. The minimum atomic E-state index is -0.0773. The standard InChI is InChI=1S/C28H28ClN7O/c1-3-5-8-22-18-36(26-20(4-2)7-6-9-25(26)29)28(37)35(22)17-19-10-12-21(13-11-19)23-14-15-30-16-24(23)27-31-33-34-32-27/h6-7,9-16,18H,3-5,8,17H2,1-2H3,(H,31,32,33,34). The first-order valence-electron chi connectivity index (χ1n) is 12.5. The van der Waals surface area contributed by atoms with Crippen LogP contribution in [0.25, 0.3) is 28.2 Å². The molecule has 3 heterocycles. The molecule has 0 spiro atoms. The molecule has 0 fully saturated rings. The van der Waals surface area contributed by atoms with E-state index in [4.69, 9.17) is 11.6 Å². The van der Waals surface area contributed by atoms with Crippen LogP contribution in [0.5, 0.6) is 0 Å². The van der Waals surface area contributed by atoms with Gasteiger partial charge in [-0.3, -0.25) is 14.1 Å². The Labute approximate surface area is 220 Å². The number of halogens is 1. The number of H-pyrrole nitrogens is 1. The molecule has 0 atom stereocenters. The van der Waals surface area contributed by atoms with Crippen molar-refractivity contribution in [3.63, 3.8) is 0 Å². The molecule has 0 amide bonds. The van der Waals surface area contributed by atoms with Crippen LogP contribution in [-0.4, -0.2) is 34.7 Å². The predicted molar refractivity (Wildman–Crippen MR) is 145 cm³/mol. The van der Waals surface area contributed by atoms with Crippen LogP contribution in [0, 0.1) is 0 Å². The van der Waals surface area contributed by atoms with Crippen molar-refractivity contribution >= 4 is 11.6 Å². The summed E-state index contributed by atoms with van der Waals surface area (Å²) < 4.78 is 3.58. The average Bonchev–Trinajstić information content (AvgIpc) is 3.57. The Kier molecular flexibility index (Phi) is 7.28. The van der Waals surface area contributed by atoms with E-state index in [1.54, 1.807) is 17.0 Å². The fraction of sp³-hybridized carbons (Fsp3) is 0.250. The first kappa shape index (κ1) is 24.6. The zero-order chi connectivity index (χ0) is 25.8. The van der Waals surface area contributed by atoms with E-state index in [0.717, 1.165) is 64.9 Å². The van der Waals surface area contributed by atoms with Gasteiger partial charge in [-0.2, -0.15) is 5.21 Å². The maximum absolute atomic E-state index is 13.7. The molecule has 2 aromatic carbocycles. The van der Waals surface area contributed by atoms with E-state index in [2.05, 4.69) is 51.6 Å². The second-order valence-corrected chi connectivity index (χ2v) is 9.32. The van der Waals surface area contributed by atoms with Crippen molar-refractivity contribution in [2.45, 2.75) is 46.1 Å². The highest BCUT2D eigenvalue weighted by Crippen LogP contribution is 2.29. The molecule has 0 radical (unpaired) electrons. The predicted octanol–water partition coefficient (Wildman–Crippen LogP) is 5.49. The van der Waals surface area contributed by atoms with Gasteiger partial charge in [-0.15, -0.1) is 10.2 Å². The van der Waals surface area contributed by atoms with E-state index in [-0.39, 0.29) is 5.69 Å². The highest BCUT2D eigenvalue weighted by molar-refractivity contribution is 6.32. The van der Waals surface area contributed by atoms with Crippen molar-refractivity contribution in [3.8, 4) is 28.2 Å². The second kappa shape index (κ2) is 10.9. The Morgan fingerprint density at radius 3 is 2.59 bits per heavy atom. The number of benzene rings is 2. The van der Waals surface area contributed by atoms with E-state index in [1.807, 2.05) is 47.2 Å². The van der Waals surface area contributed by atoms with Gasteiger partial charge < -0.3 is 0 Å². The first-order chi connectivity index (χ1) is 18.1. The van der Waals surface area contributed by atoms with Crippen molar-refractivity contribution in [2.75, 3.05) is 0 Å². The lowest BCUT2D eigenvalue weighted by Crippen LogP contribution is -2.25. The van der Waals surface area contributed by atoms with Crippen molar-refractivity contribution in [2.24, 2.45) is 0 Å². The lowest BCUT2D eigenvalue weighted by molar-refractivity contribution is 0.673. The van der Waals surface area contributed by atoms with Crippen LogP contribution >= 0.6 is 11.6 Å². The topological polar surface area (TPSA) is 94.3 Å². The molecule has 3 aromatic heterocycles. The summed E-state index contributed by atoms with van der Waals surface area (Å²) in [6, 6.07) is 15.9. The third-order valence-electron chi connectivity index (χ3n) is 6.55. The number of nitrogens with one attached hydrogen (secondary N) is 1. The van der Waals surface area contributed by atoms with Crippen LogP contribution in [0.3, 0.4) is 0 Å². The van der Waals surface area contributed by atoms with Gasteiger partial charge in [0.05, 0.1) is 17.3 Å². The molecule has 188 valence electrons. The van der Waals surface area contributed by atoms with Crippen molar-refractivity contribution in [1.82, 2.24) is 34.7 Å². The summed E-state index contributed by atoms with van der Waals surface area (Å²) in [5, 5.41) is 14.9. The van der Waals surface area contributed by atoms with Gasteiger partial charge in [0.1, 0.15) is 0 Å². The Morgan fingerprint density at radius 1 is 1.03 bits per heavy atom. The maximum atomic E-state index is 13.7. The zero-order valence-electron chi connectivity index (χ0n) is 20.9. The van der Waals surface area contributed by atoms with E-state index < -0.39 is 0 Å². The van der Waals surface area contributed by atoms with Crippen LogP contribution in [0.15, 0.2) is 71.9 Å². The van der Waals surface area contributed by atoms with Crippen LogP contribution in [-0.2, 0) is 19.4 Å². The Balaban J connectivity index is 1.50. The normalized spacial score (nSPS) is 11.2. The number of aromatic nitrogens is 7. The Hall–Kier alpha value is -4.04. The third kappa shape index (κ3) is 4.97. The number of hydrogen-bond acceptors (Lipinski definition) is 5. The van der Waals surface area contributed by atoms with Crippen LogP contribution in [0.4, 0.5) is 0 Å². The fourth-order valence-corrected chi connectivity index (χ4v) is 4.89. The average molecular weight is 514 g/mol. The van der Waals surface area contributed by atoms with Crippen LogP contribution in [0.1, 0.15) is 43.5 Å². The van der Waals surface area contributed by atoms with E-state index >= 15 is 0 Å². The molecule has 0 saturated heterocycles. The molecular formula is C28H28ClN7O. The van der Waals surface area contributed by atoms with Gasteiger partial charge in [-0.1, -0.05) is 68.3 Å². The van der Waals surface area contributed by atoms with Crippen molar-refractivity contribution < 1.29 is 0 Å². The van der Waals surface area contributed by atoms with Crippen molar-refractivity contribution in [3.05, 3.63) is 99.4 Å². The Bertz CT molecular complexity index is 1550. The minimum Gasteiger partial charge on any atom is -0.292 e. The highest BCUT2D eigenvalue weighted by atomic mass is 35.5. The molecule has 8 nitrogen and oxygen atoms in total. The summed E-state index contributed by atoms with van der Waals surface area (Å²) in [7, 11) is 0. The van der Waals surface area contributed by atoms with Gasteiger partial charge in [0.2, 0.25) is 5.82 Å². The van der Waals surface area contributed by atoms with Gasteiger partial charge in [0.15, 0.2) is 0 Å². The van der Waals surface area contributed by atoms with E-state index in [9.17, 15) is 4.79 Å². The fourth-order valence-electron chi connectivity index (χ4n) is 4.60. The summed E-state index contributed by atoms with van der Waals surface area (Å²) in [6.45, 7) is 4.71. The number of hydrogen-bond donors (Lipinski definition) is 1. The SMILES string of the molecule is CCCCc1cn(-c2c(Cl)cccc2CC)c(=O)n1Cc1ccc(-c2ccncc2-c2nn[nH]n2)cc1. The number of tetrazole rings is 1. The number of pyridine rings is 1. The van der Waals surface area contributed by atoms with Crippen LogP contribution in [0.2, 0.25) is 5.02 Å². The lowest BCUT2D eigenvalue weighted by Gasteiger charge is -2.11. The minimum absolute atomic E-state index is 0.0773. The van der Waals surface area contributed by atoms with Gasteiger partial charge in [0.25, 0.3) is 0 Å². The van der Waals surface area contributed by atoms with Gasteiger partial charge in [-0.05, 0) is 58.9 Å². The molecular weight excluding hydrogens is 486 g/mol. The molecule has 0 saturated carbocycles. The summed E-state index contributed by atoms with van der Waals surface area (Å²) in [5.41, 5.74) is 6.55. The van der Waals surface area contributed by atoms with E-state index in [0.29, 0.717) is 17.4 Å². The monoisotopic (exact) mass is 513 g/mol. The van der Waals surface area contributed by atoms with Gasteiger partial charge in [0, 0.05) is 29.8 Å². The lowest BCUT2D eigenvalue weighted by atomic mass is 10.00. The molecule has 0 aliphatic rings. The summed E-state index contributed by atoms with van der Waals surface area (Å²) in [4.78, 5) is 17.9. The van der Waals surface area contributed by atoms with Gasteiger partial charge >= 0.3 is 5.69 Å². The van der Waals surface area contributed by atoms with Crippen molar-refractivity contribution in [1.29, 1.82) is 0 Å². The number of nitrogens with zero attached hydrogens (tertiary/aromatic N) is 6. The smallest absolute Gasteiger partial charge is 0.292 e. The molecule has 0 unspecified atom stereocenters. The number of aromatic amines is 1. The molecule has 5 rings (SSSR count). The molecule has 9 heteroatoms. The Morgan fingerprint density at radius 2 is 1.86 bits per heavy atom. The van der Waals surface area contributed by atoms with Gasteiger partial charge in [-0.25, -0.2) is 4.79 Å². The number of unbranched alkanes of at least 4 members (excludes halogenated alkanes) is 1. The summed E-state index contributed by atoms with van der Waals surface area (Å²) in [6.07, 6.45) is 9.11. The molecule has 1 N–H and O–H groups in total. The summed E-state index contributed by atoms with van der Waals surface area (Å²) in [5.74, 6) is 0.492. The first-order valence-corrected chi connectivity index (χ1v) is 12.8. The van der Waals surface area contributed by atoms with E-state index in [1.165, 1.54) is 0 Å². The number of aryl methyl sites for hydroxylation is 2. The molecule has 0 bridgehead atoms. The summed E-state index contributed by atoms with van der Waals surface area (Å²) >= 11 is 6.58. The number of imidazole rings is 1. The number of rotatable bonds is 9. The zero-order valence-corrected chi connectivity index (χ0v) is 21.6. The second-order valence-electron chi connectivity index (χ2n) is 8.92.